The van der Waals surface area contributed by atoms with Gasteiger partial charge >= 0.3 is 5.97 Å². The lowest BCUT2D eigenvalue weighted by atomic mass is 9.80. The van der Waals surface area contributed by atoms with Gasteiger partial charge in [0, 0.05) is 0 Å². The highest BCUT2D eigenvalue weighted by atomic mass is 16.6. The van der Waals surface area contributed by atoms with Crippen molar-refractivity contribution >= 4 is 11.5 Å². The van der Waals surface area contributed by atoms with Crippen molar-refractivity contribution in [3.8, 4) is 0 Å². The molecule has 1 spiro atoms. The first-order chi connectivity index (χ1) is 13.9. The van der Waals surface area contributed by atoms with Gasteiger partial charge in [0.15, 0.2) is 11.4 Å². The van der Waals surface area contributed by atoms with Crippen molar-refractivity contribution < 1.29 is 19.4 Å². The van der Waals surface area contributed by atoms with Gasteiger partial charge in [-0.1, -0.05) is 48.0 Å². The molecule has 4 heteroatoms. The number of carbonyl (C=O) groups excluding carboxylic acids is 1. The Hall–Kier alpha value is -2.59. The number of hydrogen-bond acceptors (Lipinski definition) is 4. The average Bonchev–Trinajstić information content (AvgIpc) is 2.94. The zero-order valence-corrected chi connectivity index (χ0v) is 17.3. The molecule has 1 heterocycles. The minimum Gasteiger partial charge on any atom is -0.488 e. The molecular formula is C25H28O4. The van der Waals surface area contributed by atoms with Gasteiger partial charge in [-0.05, 0) is 68.7 Å². The lowest BCUT2D eigenvalue weighted by Crippen LogP contribution is -2.39. The van der Waals surface area contributed by atoms with Crippen LogP contribution in [0.25, 0.3) is 5.57 Å². The summed E-state index contributed by atoms with van der Waals surface area (Å²) in [6, 6.07) is 14.1. The number of aliphatic hydroxyl groups is 1. The van der Waals surface area contributed by atoms with Crippen molar-refractivity contribution in [2.24, 2.45) is 0 Å². The Kier molecular flexibility index (Phi) is 5.22. The molecule has 152 valence electrons. The molecule has 0 unspecified atom stereocenters. The average molecular weight is 392 g/mol. The Morgan fingerprint density at radius 1 is 1.07 bits per heavy atom. The summed E-state index contributed by atoms with van der Waals surface area (Å²) in [5.74, 6) is 0.313. The van der Waals surface area contributed by atoms with Crippen LogP contribution in [0.4, 0.5) is 0 Å². The third kappa shape index (κ3) is 3.69. The minimum atomic E-state index is -0.774. The number of hydrogen-bond donors (Lipinski definition) is 1. The first-order valence-electron chi connectivity index (χ1n) is 10.3. The first kappa shape index (κ1) is 19.7. The monoisotopic (exact) mass is 392 g/mol. The number of ether oxygens (including phenoxy) is 2. The van der Waals surface area contributed by atoms with Crippen LogP contribution in [0.15, 0.2) is 48.2 Å². The number of carbonyl (C=O) groups is 1. The van der Waals surface area contributed by atoms with E-state index in [4.69, 9.17) is 9.47 Å². The molecule has 0 atom stereocenters. The van der Waals surface area contributed by atoms with Crippen molar-refractivity contribution in [1.82, 2.24) is 0 Å². The molecule has 2 aromatic rings. The molecule has 1 fully saturated rings. The predicted octanol–water partition coefficient (Wildman–Crippen LogP) is 4.77. The summed E-state index contributed by atoms with van der Waals surface area (Å²) in [6.07, 6.45) is 2.02. The van der Waals surface area contributed by atoms with E-state index in [0.29, 0.717) is 43.6 Å². The van der Waals surface area contributed by atoms with Crippen LogP contribution < -0.4 is 0 Å². The van der Waals surface area contributed by atoms with E-state index in [2.05, 4.69) is 19.1 Å². The predicted molar refractivity (Wildman–Crippen MR) is 112 cm³/mol. The second-order valence-corrected chi connectivity index (χ2v) is 8.37. The molecule has 2 aliphatic rings. The van der Waals surface area contributed by atoms with E-state index < -0.39 is 5.60 Å². The second-order valence-electron chi connectivity index (χ2n) is 8.37. The normalized spacial score (nSPS) is 24.1. The Balaban J connectivity index is 1.81. The van der Waals surface area contributed by atoms with E-state index in [1.165, 1.54) is 0 Å². The molecule has 29 heavy (non-hydrogen) atoms. The van der Waals surface area contributed by atoms with E-state index in [0.717, 1.165) is 27.8 Å². The first-order valence-corrected chi connectivity index (χ1v) is 10.3. The molecule has 0 bridgehead atoms. The van der Waals surface area contributed by atoms with Crippen molar-refractivity contribution in [2.75, 3.05) is 0 Å². The van der Waals surface area contributed by atoms with Crippen LogP contribution in [0, 0.1) is 20.8 Å². The van der Waals surface area contributed by atoms with Crippen LogP contribution in [0.5, 0.6) is 0 Å². The largest absolute Gasteiger partial charge is 0.488 e. The fourth-order valence-corrected chi connectivity index (χ4v) is 4.72. The quantitative estimate of drug-likeness (QED) is 0.762. The van der Waals surface area contributed by atoms with Gasteiger partial charge in [0.1, 0.15) is 12.2 Å². The fraction of sp³-hybridized carbons (Fsp3) is 0.400. The van der Waals surface area contributed by atoms with Crippen LogP contribution in [-0.2, 0) is 20.9 Å². The Morgan fingerprint density at radius 3 is 2.31 bits per heavy atom. The Bertz CT molecular complexity index is 927. The molecule has 1 aliphatic carbocycles. The van der Waals surface area contributed by atoms with Gasteiger partial charge in [0.25, 0.3) is 0 Å². The van der Waals surface area contributed by atoms with Gasteiger partial charge < -0.3 is 14.6 Å². The summed E-state index contributed by atoms with van der Waals surface area (Å²) >= 11 is 0. The summed E-state index contributed by atoms with van der Waals surface area (Å²) in [4.78, 5) is 13.1. The highest BCUT2D eigenvalue weighted by Crippen LogP contribution is 2.48. The number of rotatable bonds is 4. The Labute approximate surface area is 172 Å². The summed E-state index contributed by atoms with van der Waals surface area (Å²) < 4.78 is 12.3. The maximum absolute atomic E-state index is 13.1. The molecule has 0 radical (unpaired) electrons. The molecule has 0 aromatic heterocycles. The smallest absolute Gasteiger partial charge is 0.343 e. The highest BCUT2D eigenvalue weighted by Gasteiger charge is 2.51. The van der Waals surface area contributed by atoms with E-state index >= 15 is 0 Å². The maximum atomic E-state index is 13.1. The van der Waals surface area contributed by atoms with Crippen LogP contribution in [-0.4, -0.2) is 22.8 Å². The van der Waals surface area contributed by atoms with Gasteiger partial charge in [-0.25, -0.2) is 4.79 Å². The molecule has 2 aromatic carbocycles. The molecule has 4 nitrogen and oxygen atoms in total. The third-order valence-electron chi connectivity index (χ3n) is 6.05. The number of benzene rings is 2. The number of esters is 1. The number of aryl methyl sites for hydroxylation is 3. The molecule has 1 aliphatic heterocycles. The fourth-order valence-electron chi connectivity index (χ4n) is 4.72. The van der Waals surface area contributed by atoms with Crippen LogP contribution >= 0.6 is 0 Å². The third-order valence-corrected chi connectivity index (χ3v) is 6.05. The lowest BCUT2D eigenvalue weighted by Gasteiger charge is -2.35. The molecule has 0 amide bonds. The standard InChI is InChI=1S/C25H28O4/c1-16-13-17(2)21(18(3)14-16)22-23(28-15-19-7-5-4-6-8-19)25(29-24(22)27)11-9-20(26)10-12-25/h4-8,13-14,20,26H,9-12,15H2,1-3H3. The molecule has 1 N–H and O–H groups in total. The van der Waals surface area contributed by atoms with Gasteiger partial charge in [0.05, 0.1) is 6.10 Å². The SMILES string of the molecule is Cc1cc(C)c(C2=C(OCc3ccccc3)C3(CCC(O)CC3)OC2=O)c(C)c1. The highest BCUT2D eigenvalue weighted by molar-refractivity contribution is 6.20. The summed E-state index contributed by atoms with van der Waals surface area (Å²) in [7, 11) is 0. The van der Waals surface area contributed by atoms with Gasteiger partial charge in [-0.15, -0.1) is 0 Å². The van der Waals surface area contributed by atoms with E-state index in [-0.39, 0.29) is 12.1 Å². The molecule has 0 saturated heterocycles. The summed E-state index contributed by atoms with van der Waals surface area (Å²) in [6.45, 7) is 6.49. The molecule has 1 saturated carbocycles. The second kappa shape index (κ2) is 7.68. The lowest BCUT2D eigenvalue weighted by molar-refractivity contribution is -0.152. The van der Waals surface area contributed by atoms with E-state index in [9.17, 15) is 9.90 Å². The zero-order valence-electron chi connectivity index (χ0n) is 17.3. The van der Waals surface area contributed by atoms with Crippen LogP contribution in [0.2, 0.25) is 0 Å². The van der Waals surface area contributed by atoms with Crippen molar-refractivity contribution in [3.63, 3.8) is 0 Å². The van der Waals surface area contributed by atoms with E-state index in [1.807, 2.05) is 44.2 Å². The molecular weight excluding hydrogens is 364 g/mol. The summed E-state index contributed by atoms with van der Waals surface area (Å²) in [5.41, 5.74) is 4.98. The van der Waals surface area contributed by atoms with Gasteiger partial charge in [-0.2, -0.15) is 0 Å². The van der Waals surface area contributed by atoms with Crippen LogP contribution in [0.1, 0.15) is 53.5 Å². The van der Waals surface area contributed by atoms with Crippen molar-refractivity contribution in [1.29, 1.82) is 0 Å². The van der Waals surface area contributed by atoms with Crippen LogP contribution in [0.3, 0.4) is 0 Å². The topological polar surface area (TPSA) is 55.8 Å². The summed E-state index contributed by atoms with van der Waals surface area (Å²) in [5, 5.41) is 10.0. The minimum absolute atomic E-state index is 0.320. The van der Waals surface area contributed by atoms with E-state index in [1.54, 1.807) is 0 Å². The van der Waals surface area contributed by atoms with Gasteiger partial charge in [-0.3, -0.25) is 0 Å². The van der Waals surface area contributed by atoms with Crippen molar-refractivity contribution in [2.45, 2.75) is 64.8 Å². The zero-order chi connectivity index (χ0) is 20.6. The molecule has 4 rings (SSSR count). The maximum Gasteiger partial charge on any atom is 0.343 e. The Morgan fingerprint density at radius 2 is 1.69 bits per heavy atom. The van der Waals surface area contributed by atoms with Gasteiger partial charge in [0.2, 0.25) is 0 Å². The van der Waals surface area contributed by atoms with Crippen molar-refractivity contribution in [3.05, 3.63) is 76.0 Å². The number of aliphatic hydroxyl groups excluding tert-OH is 1.